The molecule has 28 heavy (non-hydrogen) atoms. The Bertz CT molecular complexity index is 1030. The van der Waals surface area contributed by atoms with Gasteiger partial charge in [-0.05, 0) is 31.0 Å². The molecule has 144 valence electrons. The van der Waals surface area contributed by atoms with Crippen LogP contribution in [0.3, 0.4) is 0 Å². The lowest BCUT2D eigenvalue weighted by atomic mass is 10.1. The number of anilines is 2. The third-order valence-corrected chi connectivity index (χ3v) is 5.23. The molecule has 0 radical (unpaired) electrons. The van der Waals surface area contributed by atoms with Gasteiger partial charge in [-0.1, -0.05) is 6.07 Å². The summed E-state index contributed by atoms with van der Waals surface area (Å²) < 4.78 is 5.02. The molecule has 2 fully saturated rings. The number of amides is 1. The number of fused-ring (bicyclic) bond motifs is 1. The molecule has 0 aliphatic carbocycles. The van der Waals surface area contributed by atoms with Crippen LogP contribution in [-0.2, 0) is 4.74 Å². The Labute approximate surface area is 161 Å². The Morgan fingerprint density at radius 1 is 1.25 bits per heavy atom. The minimum absolute atomic E-state index is 0.180. The summed E-state index contributed by atoms with van der Waals surface area (Å²) in [6.45, 7) is 2.63. The third kappa shape index (κ3) is 2.93. The van der Waals surface area contributed by atoms with E-state index in [0.29, 0.717) is 19.0 Å². The summed E-state index contributed by atoms with van der Waals surface area (Å²) in [5.74, 6) is 1.46. The van der Waals surface area contributed by atoms with Crippen molar-refractivity contribution in [1.29, 1.82) is 0 Å². The molecule has 9 heteroatoms. The van der Waals surface area contributed by atoms with Crippen molar-refractivity contribution in [2.75, 3.05) is 36.0 Å². The maximum atomic E-state index is 11.9. The summed E-state index contributed by atoms with van der Waals surface area (Å²) in [5.41, 5.74) is 8.41. The molecular weight excluding hydrogens is 358 g/mol. The number of cyclic esters (lactones) is 1. The largest absolute Gasteiger partial charge is 0.447 e. The highest BCUT2D eigenvalue weighted by Crippen LogP contribution is 2.29. The van der Waals surface area contributed by atoms with E-state index in [9.17, 15) is 4.79 Å². The monoisotopic (exact) mass is 379 g/mol. The van der Waals surface area contributed by atoms with E-state index >= 15 is 0 Å². The van der Waals surface area contributed by atoms with Crippen molar-refractivity contribution in [3.05, 3.63) is 30.5 Å². The van der Waals surface area contributed by atoms with Crippen LogP contribution in [0.4, 0.5) is 16.4 Å². The fourth-order valence-corrected chi connectivity index (χ4v) is 3.80. The molecular formula is C19H21N7O2. The highest BCUT2D eigenvalue weighted by molar-refractivity contribution is 5.96. The SMILES string of the molecule is N[C@@H]1CCCN(c2cccc(-c3n[nH]c4cnc(N5CCOC5=O)cc34)n2)C1. The lowest BCUT2D eigenvalue weighted by molar-refractivity contribution is 0.181. The smallest absolute Gasteiger partial charge is 0.415 e. The van der Waals surface area contributed by atoms with Crippen LogP contribution >= 0.6 is 0 Å². The number of carbonyl (C=O) groups is 1. The zero-order chi connectivity index (χ0) is 19.1. The van der Waals surface area contributed by atoms with Crippen LogP contribution in [0.5, 0.6) is 0 Å². The molecule has 0 aromatic carbocycles. The summed E-state index contributed by atoms with van der Waals surface area (Å²) in [6.07, 6.45) is 3.42. The van der Waals surface area contributed by atoms with E-state index in [2.05, 4.69) is 20.1 Å². The number of hydrogen-bond acceptors (Lipinski definition) is 7. The van der Waals surface area contributed by atoms with E-state index in [1.807, 2.05) is 24.3 Å². The molecule has 3 aromatic rings. The number of carbonyl (C=O) groups excluding carboxylic acids is 1. The second kappa shape index (κ2) is 6.75. The van der Waals surface area contributed by atoms with Gasteiger partial charge in [-0.2, -0.15) is 5.10 Å². The van der Waals surface area contributed by atoms with Crippen molar-refractivity contribution in [2.45, 2.75) is 18.9 Å². The van der Waals surface area contributed by atoms with Gasteiger partial charge in [0.05, 0.1) is 24.0 Å². The van der Waals surface area contributed by atoms with Crippen molar-refractivity contribution < 1.29 is 9.53 Å². The molecule has 0 saturated carbocycles. The molecule has 2 aliphatic heterocycles. The van der Waals surface area contributed by atoms with Gasteiger partial charge in [0.25, 0.3) is 0 Å². The van der Waals surface area contributed by atoms with Gasteiger partial charge in [-0.15, -0.1) is 0 Å². The predicted molar refractivity (Wildman–Crippen MR) is 105 cm³/mol. The van der Waals surface area contributed by atoms with Crippen molar-refractivity contribution in [1.82, 2.24) is 20.2 Å². The molecule has 1 atom stereocenters. The lowest BCUT2D eigenvalue weighted by Gasteiger charge is -2.31. The highest BCUT2D eigenvalue weighted by atomic mass is 16.6. The number of hydrogen-bond donors (Lipinski definition) is 2. The van der Waals surface area contributed by atoms with Crippen LogP contribution < -0.4 is 15.5 Å². The molecule has 5 heterocycles. The fourth-order valence-electron chi connectivity index (χ4n) is 3.80. The van der Waals surface area contributed by atoms with Crippen molar-refractivity contribution in [3.8, 4) is 11.4 Å². The molecule has 2 saturated heterocycles. The van der Waals surface area contributed by atoms with E-state index < -0.39 is 0 Å². The van der Waals surface area contributed by atoms with Crippen LogP contribution in [0.2, 0.25) is 0 Å². The van der Waals surface area contributed by atoms with Crippen LogP contribution in [0.25, 0.3) is 22.3 Å². The van der Waals surface area contributed by atoms with Gasteiger partial charge in [0, 0.05) is 24.5 Å². The van der Waals surface area contributed by atoms with E-state index in [1.54, 1.807) is 6.20 Å². The first-order chi connectivity index (χ1) is 13.7. The van der Waals surface area contributed by atoms with Crippen molar-refractivity contribution >= 4 is 28.6 Å². The van der Waals surface area contributed by atoms with Gasteiger partial charge in [0.15, 0.2) is 0 Å². The van der Waals surface area contributed by atoms with Crippen molar-refractivity contribution in [2.24, 2.45) is 5.73 Å². The maximum Gasteiger partial charge on any atom is 0.415 e. The number of aromatic nitrogens is 4. The Morgan fingerprint density at radius 2 is 2.18 bits per heavy atom. The predicted octanol–water partition coefficient (Wildman–Crippen LogP) is 1.90. The molecule has 3 aromatic heterocycles. The Hall–Kier alpha value is -3.20. The first kappa shape index (κ1) is 16.9. The van der Waals surface area contributed by atoms with Gasteiger partial charge < -0.3 is 15.4 Å². The second-order valence-electron chi connectivity index (χ2n) is 7.16. The number of aromatic amines is 1. The molecule has 1 amide bonds. The number of nitrogens with zero attached hydrogens (tertiary/aromatic N) is 5. The minimum atomic E-state index is -0.376. The standard InChI is InChI=1S/C19H21N7O2/c20-12-3-2-6-25(11-12)16-5-1-4-14(22-16)18-13-9-17(21-10-15(13)23-24-18)26-7-8-28-19(26)27/h1,4-5,9-10,12H,2-3,6-8,11,20H2,(H,23,24)/t12-/m1/s1. The summed E-state index contributed by atoms with van der Waals surface area (Å²) in [5, 5.41) is 8.31. The number of pyridine rings is 2. The Kier molecular flexibility index (Phi) is 4.09. The van der Waals surface area contributed by atoms with E-state index in [4.69, 9.17) is 15.5 Å². The van der Waals surface area contributed by atoms with Gasteiger partial charge in [-0.25, -0.2) is 14.8 Å². The number of rotatable bonds is 3. The number of ether oxygens (including phenoxy) is 1. The van der Waals surface area contributed by atoms with E-state index in [-0.39, 0.29) is 12.1 Å². The molecule has 0 bridgehead atoms. The summed E-state index contributed by atoms with van der Waals surface area (Å²) in [6, 6.07) is 7.96. The number of nitrogens with two attached hydrogens (primary N) is 1. The Balaban J connectivity index is 1.52. The van der Waals surface area contributed by atoms with Crippen LogP contribution in [0.15, 0.2) is 30.5 Å². The fraction of sp³-hybridized carbons (Fsp3) is 0.368. The average Bonchev–Trinajstić information content (AvgIpc) is 3.33. The molecule has 9 nitrogen and oxygen atoms in total. The maximum absolute atomic E-state index is 11.9. The number of piperidine rings is 1. The summed E-state index contributed by atoms with van der Waals surface area (Å²) in [7, 11) is 0. The first-order valence-electron chi connectivity index (χ1n) is 9.45. The van der Waals surface area contributed by atoms with Crippen LogP contribution in [-0.4, -0.2) is 58.5 Å². The zero-order valence-corrected chi connectivity index (χ0v) is 15.3. The average molecular weight is 379 g/mol. The number of H-pyrrole nitrogens is 1. The molecule has 3 N–H and O–H groups in total. The van der Waals surface area contributed by atoms with Gasteiger partial charge in [0.2, 0.25) is 0 Å². The van der Waals surface area contributed by atoms with E-state index in [1.165, 1.54) is 4.90 Å². The van der Waals surface area contributed by atoms with Crippen LogP contribution in [0, 0.1) is 0 Å². The zero-order valence-electron chi connectivity index (χ0n) is 15.3. The molecule has 0 unspecified atom stereocenters. The highest BCUT2D eigenvalue weighted by Gasteiger charge is 2.25. The summed E-state index contributed by atoms with van der Waals surface area (Å²) >= 11 is 0. The topological polar surface area (TPSA) is 113 Å². The van der Waals surface area contributed by atoms with E-state index in [0.717, 1.165) is 54.0 Å². The first-order valence-corrected chi connectivity index (χ1v) is 9.45. The van der Waals surface area contributed by atoms with Crippen molar-refractivity contribution in [3.63, 3.8) is 0 Å². The second-order valence-corrected chi connectivity index (χ2v) is 7.16. The molecule has 2 aliphatic rings. The Morgan fingerprint density at radius 3 is 3.00 bits per heavy atom. The molecule has 5 rings (SSSR count). The normalized spacial score (nSPS) is 20.0. The minimum Gasteiger partial charge on any atom is -0.447 e. The number of nitrogens with one attached hydrogen (secondary N) is 1. The van der Waals surface area contributed by atoms with Gasteiger partial charge >= 0.3 is 6.09 Å². The third-order valence-electron chi connectivity index (χ3n) is 5.23. The quantitative estimate of drug-likeness (QED) is 0.714. The molecule has 0 spiro atoms. The summed E-state index contributed by atoms with van der Waals surface area (Å²) in [4.78, 5) is 24.8. The van der Waals surface area contributed by atoms with Crippen LogP contribution in [0.1, 0.15) is 12.8 Å². The lowest BCUT2D eigenvalue weighted by Crippen LogP contribution is -2.43. The van der Waals surface area contributed by atoms with Gasteiger partial charge in [-0.3, -0.25) is 10.00 Å². The van der Waals surface area contributed by atoms with Gasteiger partial charge in [0.1, 0.15) is 23.9 Å².